The van der Waals surface area contributed by atoms with Crippen molar-refractivity contribution < 1.29 is 10.0 Å². The summed E-state index contributed by atoms with van der Waals surface area (Å²) >= 11 is 0. The van der Waals surface area contributed by atoms with Gasteiger partial charge >= 0.3 is 0 Å². The number of fused-ring (bicyclic) bond motifs is 1. The molecule has 0 atom stereocenters. The Balaban J connectivity index is 1.95. The molecule has 3 rings (SSSR count). The molecule has 0 aliphatic carbocycles. The lowest BCUT2D eigenvalue weighted by molar-refractivity contribution is -0.398. The van der Waals surface area contributed by atoms with E-state index in [0.717, 1.165) is 16.6 Å². The first-order chi connectivity index (χ1) is 11.0. The first kappa shape index (κ1) is 14.6. The molecule has 3 aromatic rings. The van der Waals surface area contributed by atoms with Crippen LogP contribution in [0, 0.1) is 17.0 Å². The van der Waals surface area contributed by atoms with Gasteiger partial charge in [0.1, 0.15) is 0 Å². The van der Waals surface area contributed by atoms with Gasteiger partial charge in [-0.25, -0.2) is 0 Å². The van der Waals surface area contributed by atoms with Crippen LogP contribution in [-0.4, -0.2) is 16.1 Å². The Bertz CT molecular complexity index is 936. The van der Waals surface area contributed by atoms with E-state index < -0.39 is 16.4 Å². The van der Waals surface area contributed by atoms with E-state index in [9.17, 15) is 15.2 Å². The van der Waals surface area contributed by atoms with Crippen LogP contribution in [0.25, 0.3) is 10.9 Å². The maximum Gasteiger partial charge on any atom is 0.262 e. The second kappa shape index (κ2) is 5.84. The number of hydrogen-bond acceptors (Lipinski definition) is 5. The van der Waals surface area contributed by atoms with Crippen molar-refractivity contribution in [2.45, 2.75) is 6.92 Å². The Morgan fingerprint density at radius 3 is 2.78 bits per heavy atom. The zero-order valence-electron chi connectivity index (χ0n) is 12.3. The zero-order valence-corrected chi connectivity index (χ0v) is 12.3. The third kappa shape index (κ3) is 3.01. The molecule has 114 valence electrons. The molecular formula is C17H12N3O3-. The lowest BCUT2D eigenvalue weighted by Gasteiger charge is -2.09. The highest BCUT2D eigenvalue weighted by molar-refractivity contribution is 5.88. The van der Waals surface area contributed by atoms with Gasteiger partial charge in [-0.2, -0.15) is 0 Å². The van der Waals surface area contributed by atoms with Gasteiger partial charge in [0.2, 0.25) is 0 Å². The van der Waals surface area contributed by atoms with E-state index in [1.165, 1.54) is 24.4 Å². The summed E-state index contributed by atoms with van der Waals surface area (Å²) in [4.78, 5) is 18.7. The third-order valence-corrected chi connectivity index (χ3v) is 3.39. The fourth-order valence-corrected chi connectivity index (χ4v) is 2.23. The summed E-state index contributed by atoms with van der Waals surface area (Å²) in [6.45, 7) is 1.92. The van der Waals surface area contributed by atoms with Gasteiger partial charge in [-0.15, -0.1) is 0 Å². The Morgan fingerprint density at radius 2 is 2.00 bits per heavy atom. The van der Waals surface area contributed by atoms with Gasteiger partial charge in [0.15, 0.2) is 0 Å². The molecule has 0 aliphatic rings. The molecule has 0 saturated heterocycles. The predicted molar refractivity (Wildman–Crippen MR) is 86.3 cm³/mol. The molecule has 0 fully saturated rings. The normalized spacial score (nSPS) is 11.2. The van der Waals surface area contributed by atoms with E-state index in [-0.39, 0.29) is 5.56 Å². The van der Waals surface area contributed by atoms with Crippen LogP contribution < -0.4 is 5.11 Å². The Morgan fingerprint density at radius 1 is 1.17 bits per heavy atom. The maximum atomic E-state index is 11.9. The lowest BCUT2D eigenvalue weighted by Crippen LogP contribution is -2.01. The van der Waals surface area contributed by atoms with Crippen molar-refractivity contribution in [1.29, 1.82) is 0 Å². The first-order valence-corrected chi connectivity index (χ1v) is 6.90. The fraction of sp³-hybridized carbons (Fsp3) is 0.0588. The SMILES string of the molecule is Cc1ccc2cc(N=Cc3cccc([N+](=O)[O-])c3[O-])ccc2n1. The van der Waals surface area contributed by atoms with Crippen LogP contribution in [-0.2, 0) is 0 Å². The number of benzene rings is 2. The van der Waals surface area contributed by atoms with Crippen molar-refractivity contribution in [3.05, 3.63) is 69.9 Å². The van der Waals surface area contributed by atoms with E-state index in [1.54, 1.807) is 6.07 Å². The van der Waals surface area contributed by atoms with Crippen LogP contribution >= 0.6 is 0 Å². The summed E-state index contributed by atoms with van der Waals surface area (Å²) in [7, 11) is 0. The fourth-order valence-electron chi connectivity index (χ4n) is 2.23. The summed E-state index contributed by atoms with van der Waals surface area (Å²) in [6.07, 6.45) is 1.35. The van der Waals surface area contributed by atoms with Crippen molar-refractivity contribution in [1.82, 2.24) is 4.98 Å². The molecule has 0 bridgehead atoms. The number of pyridine rings is 1. The maximum absolute atomic E-state index is 11.9. The minimum Gasteiger partial charge on any atom is -0.867 e. The van der Waals surface area contributed by atoms with E-state index in [2.05, 4.69) is 9.98 Å². The molecule has 2 aromatic carbocycles. The number of hydrogen-bond donors (Lipinski definition) is 0. The smallest absolute Gasteiger partial charge is 0.262 e. The van der Waals surface area contributed by atoms with E-state index in [1.807, 2.05) is 31.2 Å². The van der Waals surface area contributed by atoms with Crippen LogP contribution in [0.3, 0.4) is 0 Å². The second-order valence-corrected chi connectivity index (χ2v) is 5.04. The average molecular weight is 306 g/mol. The molecule has 0 radical (unpaired) electrons. The molecule has 23 heavy (non-hydrogen) atoms. The molecule has 0 saturated carbocycles. The van der Waals surface area contributed by atoms with Crippen LogP contribution in [0.2, 0.25) is 0 Å². The van der Waals surface area contributed by atoms with Crippen molar-refractivity contribution >= 4 is 28.5 Å². The van der Waals surface area contributed by atoms with Crippen molar-refractivity contribution in [2.75, 3.05) is 0 Å². The van der Waals surface area contributed by atoms with Crippen molar-refractivity contribution in [3.8, 4) is 5.75 Å². The summed E-state index contributed by atoms with van der Waals surface area (Å²) in [6, 6.07) is 13.5. The van der Waals surface area contributed by atoms with Gasteiger partial charge in [-0.05, 0) is 42.5 Å². The Labute approximate surface area is 131 Å². The van der Waals surface area contributed by atoms with Gasteiger partial charge in [0.25, 0.3) is 5.69 Å². The minimum absolute atomic E-state index is 0.182. The number of nitro groups is 1. The first-order valence-electron chi connectivity index (χ1n) is 6.90. The van der Waals surface area contributed by atoms with Crippen molar-refractivity contribution in [2.24, 2.45) is 4.99 Å². The molecule has 0 aliphatic heterocycles. The standard InChI is InChI=1S/C17H13N3O3/c1-11-5-6-12-9-14(7-8-15(12)19-11)18-10-13-3-2-4-16(17(13)21)20(22)23/h2-10,21H,1H3/p-1. The molecule has 6 heteroatoms. The number of aryl methyl sites for hydroxylation is 1. The van der Waals surface area contributed by atoms with Crippen LogP contribution in [0.1, 0.15) is 11.3 Å². The largest absolute Gasteiger partial charge is 0.867 e. The second-order valence-electron chi connectivity index (χ2n) is 5.04. The van der Waals surface area contributed by atoms with Crippen LogP contribution in [0.15, 0.2) is 53.5 Å². The van der Waals surface area contributed by atoms with Gasteiger partial charge in [0.05, 0.1) is 16.1 Å². The van der Waals surface area contributed by atoms with E-state index in [4.69, 9.17) is 0 Å². The summed E-state index contributed by atoms with van der Waals surface area (Å²) in [5, 5.41) is 23.7. The molecule has 0 amide bonds. The van der Waals surface area contributed by atoms with E-state index in [0.29, 0.717) is 5.69 Å². The number of nitrogens with zero attached hydrogens (tertiary/aromatic N) is 3. The highest BCUT2D eigenvalue weighted by Crippen LogP contribution is 2.26. The van der Waals surface area contributed by atoms with Gasteiger partial charge in [-0.1, -0.05) is 18.2 Å². The van der Waals surface area contributed by atoms with Gasteiger partial charge < -0.3 is 5.11 Å². The molecule has 6 nitrogen and oxygen atoms in total. The summed E-state index contributed by atoms with van der Waals surface area (Å²) < 4.78 is 0. The minimum atomic E-state index is -0.691. The lowest BCUT2D eigenvalue weighted by atomic mass is 10.1. The Kier molecular flexibility index (Phi) is 3.72. The highest BCUT2D eigenvalue weighted by Gasteiger charge is 2.07. The van der Waals surface area contributed by atoms with Crippen molar-refractivity contribution in [3.63, 3.8) is 0 Å². The summed E-state index contributed by atoms with van der Waals surface area (Å²) in [5.41, 5.74) is 2.17. The van der Waals surface area contributed by atoms with Gasteiger partial charge in [0, 0.05) is 23.4 Å². The molecule has 1 aromatic heterocycles. The molecule has 0 N–H and O–H groups in total. The monoisotopic (exact) mass is 306 g/mol. The number of rotatable bonds is 3. The number of aromatic nitrogens is 1. The summed E-state index contributed by atoms with van der Waals surface area (Å²) in [5.74, 6) is -0.640. The topological polar surface area (TPSA) is 91.5 Å². The third-order valence-electron chi connectivity index (χ3n) is 3.39. The van der Waals surface area contributed by atoms with Gasteiger partial charge in [-0.3, -0.25) is 20.1 Å². The van der Waals surface area contributed by atoms with Crippen LogP contribution in [0.5, 0.6) is 5.75 Å². The van der Waals surface area contributed by atoms with E-state index >= 15 is 0 Å². The highest BCUT2D eigenvalue weighted by atomic mass is 16.6. The number of para-hydroxylation sites is 1. The molecule has 1 heterocycles. The average Bonchev–Trinajstić information content (AvgIpc) is 2.53. The predicted octanol–water partition coefficient (Wildman–Crippen LogP) is 3.28. The molecular weight excluding hydrogens is 294 g/mol. The number of nitro benzene ring substituents is 1. The molecule has 0 unspecified atom stereocenters. The molecule has 0 spiro atoms. The number of aliphatic imine (C=N–C) groups is 1. The Hall–Kier alpha value is -3.28. The quantitative estimate of drug-likeness (QED) is 0.422. The van der Waals surface area contributed by atoms with Crippen LogP contribution in [0.4, 0.5) is 11.4 Å². The zero-order chi connectivity index (χ0) is 16.4.